The van der Waals surface area contributed by atoms with E-state index in [1.165, 1.54) is 36.7 Å². The molecule has 0 spiro atoms. The van der Waals surface area contributed by atoms with Crippen LogP contribution in [0.2, 0.25) is 5.02 Å². The lowest BCUT2D eigenvalue weighted by molar-refractivity contribution is -0.122. The van der Waals surface area contributed by atoms with Crippen molar-refractivity contribution in [2.24, 2.45) is 4.99 Å². The zero-order valence-corrected chi connectivity index (χ0v) is 19.4. The largest absolute Gasteiger partial charge is 0.496 e. The van der Waals surface area contributed by atoms with E-state index < -0.39 is 0 Å². The van der Waals surface area contributed by atoms with Crippen LogP contribution in [0, 0.1) is 0 Å². The van der Waals surface area contributed by atoms with E-state index in [0.717, 1.165) is 24.3 Å². The van der Waals surface area contributed by atoms with Gasteiger partial charge in [0.2, 0.25) is 0 Å². The lowest BCUT2D eigenvalue weighted by Crippen LogP contribution is -2.29. The molecule has 2 fully saturated rings. The molecule has 2 aliphatic rings. The van der Waals surface area contributed by atoms with Gasteiger partial charge in [0, 0.05) is 35.9 Å². The van der Waals surface area contributed by atoms with Gasteiger partial charge in [-0.15, -0.1) is 0 Å². The van der Waals surface area contributed by atoms with E-state index in [1.54, 1.807) is 30.2 Å². The van der Waals surface area contributed by atoms with Crippen LogP contribution in [0.4, 0.5) is 11.4 Å². The Bertz CT molecular complexity index is 1010. The van der Waals surface area contributed by atoms with Gasteiger partial charge in [0.15, 0.2) is 5.17 Å². The number of carbonyl (C=O) groups is 1. The second-order valence-corrected chi connectivity index (χ2v) is 8.95. The summed E-state index contributed by atoms with van der Waals surface area (Å²) in [7, 11) is 1.60. The number of amides is 1. The Balaban J connectivity index is 1.58. The molecule has 7 heteroatoms. The molecule has 2 aromatic carbocycles. The first-order valence-corrected chi connectivity index (χ1v) is 11.8. The maximum atomic E-state index is 13.0. The lowest BCUT2D eigenvalue weighted by Gasteiger charge is -2.28. The van der Waals surface area contributed by atoms with Gasteiger partial charge in [0.1, 0.15) is 5.75 Å². The molecular formula is C24H26ClN3O2S. The molecule has 2 heterocycles. The number of amidine groups is 1. The minimum Gasteiger partial charge on any atom is -0.496 e. The molecule has 4 rings (SSSR count). The van der Waals surface area contributed by atoms with Crippen LogP contribution in [0.1, 0.15) is 31.7 Å². The number of hydrogen-bond donors (Lipinski definition) is 0. The summed E-state index contributed by atoms with van der Waals surface area (Å²) in [6, 6.07) is 13.7. The van der Waals surface area contributed by atoms with Crippen molar-refractivity contribution in [2.45, 2.75) is 26.2 Å². The summed E-state index contributed by atoms with van der Waals surface area (Å²) in [6.07, 6.45) is 5.64. The normalized spacial score (nSPS) is 19.5. The Labute approximate surface area is 192 Å². The van der Waals surface area contributed by atoms with E-state index in [0.29, 0.717) is 27.4 Å². The summed E-state index contributed by atoms with van der Waals surface area (Å²) in [4.78, 5) is 22.5. The van der Waals surface area contributed by atoms with Gasteiger partial charge in [-0.3, -0.25) is 9.69 Å². The number of piperidine rings is 1. The van der Waals surface area contributed by atoms with Crippen LogP contribution in [0.15, 0.2) is 52.4 Å². The number of aliphatic imine (C=N–C) groups is 1. The van der Waals surface area contributed by atoms with E-state index >= 15 is 0 Å². The number of nitrogens with zero attached hydrogens (tertiary/aromatic N) is 3. The lowest BCUT2D eigenvalue weighted by atomic mass is 10.1. The fraction of sp³-hybridized carbons (Fsp3) is 0.333. The highest BCUT2D eigenvalue weighted by Gasteiger charge is 2.32. The summed E-state index contributed by atoms with van der Waals surface area (Å²) in [5, 5.41) is 1.28. The molecule has 1 amide bonds. The van der Waals surface area contributed by atoms with Gasteiger partial charge in [0.05, 0.1) is 17.7 Å². The van der Waals surface area contributed by atoms with Gasteiger partial charge in [-0.1, -0.05) is 11.6 Å². The second kappa shape index (κ2) is 9.79. The fourth-order valence-electron chi connectivity index (χ4n) is 3.83. The first-order valence-electron chi connectivity index (χ1n) is 10.6. The highest BCUT2D eigenvalue weighted by Crippen LogP contribution is 2.36. The molecule has 2 aromatic rings. The predicted octanol–water partition coefficient (Wildman–Crippen LogP) is 5.96. The zero-order chi connectivity index (χ0) is 21.8. The van der Waals surface area contributed by atoms with E-state index in [1.807, 2.05) is 25.1 Å². The molecule has 0 unspecified atom stereocenters. The molecule has 0 bridgehead atoms. The van der Waals surface area contributed by atoms with Crippen molar-refractivity contribution in [1.29, 1.82) is 0 Å². The quantitative estimate of drug-likeness (QED) is 0.521. The third kappa shape index (κ3) is 4.91. The molecule has 0 aliphatic carbocycles. The average molecular weight is 456 g/mol. The Morgan fingerprint density at radius 1 is 1.13 bits per heavy atom. The fourth-order valence-corrected chi connectivity index (χ4v) is 5.06. The van der Waals surface area contributed by atoms with Crippen molar-refractivity contribution in [3.05, 3.63) is 58.0 Å². The van der Waals surface area contributed by atoms with Crippen LogP contribution in [0.5, 0.6) is 5.75 Å². The number of ether oxygens (including phenoxy) is 1. The Hall–Kier alpha value is -2.44. The summed E-state index contributed by atoms with van der Waals surface area (Å²) < 4.78 is 5.41. The number of methoxy groups -OCH3 is 1. The minimum atomic E-state index is -0.0572. The standard InChI is InChI=1S/C24H26ClN3O2S/c1-3-28-23(29)22(16-17-15-18(25)7-12-21(17)30-2)31-24(28)26-19-8-10-20(11-9-19)27-13-5-4-6-14-27/h7-12,15-16H,3-6,13-14H2,1-2H3/b22-16-,26-24?. The number of anilines is 1. The first kappa shape index (κ1) is 21.8. The zero-order valence-electron chi connectivity index (χ0n) is 17.8. The van der Waals surface area contributed by atoms with E-state index in [4.69, 9.17) is 21.3 Å². The van der Waals surface area contributed by atoms with Crippen molar-refractivity contribution in [2.75, 3.05) is 31.6 Å². The number of halogens is 1. The molecule has 0 saturated carbocycles. The molecule has 0 atom stereocenters. The van der Waals surface area contributed by atoms with E-state index in [2.05, 4.69) is 17.0 Å². The summed E-state index contributed by atoms with van der Waals surface area (Å²) in [5.74, 6) is 0.616. The Morgan fingerprint density at radius 3 is 2.55 bits per heavy atom. The van der Waals surface area contributed by atoms with Crippen molar-refractivity contribution in [3.8, 4) is 5.75 Å². The molecule has 5 nitrogen and oxygen atoms in total. The number of benzene rings is 2. The minimum absolute atomic E-state index is 0.0572. The van der Waals surface area contributed by atoms with Crippen LogP contribution in [-0.4, -0.2) is 42.7 Å². The van der Waals surface area contributed by atoms with Crippen molar-refractivity contribution in [1.82, 2.24) is 4.90 Å². The average Bonchev–Trinajstić information content (AvgIpc) is 3.09. The van der Waals surface area contributed by atoms with E-state index in [-0.39, 0.29) is 5.91 Å². The second-order valence-electron chi connectivity index (χ2n) is 7.50. The van der Waals surface area contributed by atoms with Gasteiger partial charge in [0.25, 0.3) is 5.91 Å². The number of hydrogen-bond acceptors (Lipinski definition) is 5. The number of carbonyl (C=O) groups excluding carboxylic acids is 1. The summed E-state index contributed by atoms with van der Waals surface area (Å²) in [6.45, 7) is 4.74. The summed E-state index contributed by atoms with van der Waals surface area (Å²) >= 11 is 7.52. The maximum Gasteiger partial charge on any atom is 0.266 e. The number of rotatable bonds is 5. The SMILES string of the molecule is CCN1C(=O)/C(=C/c2cc(Cl)ccc2OC)SC1=Nc1ccc(N2CCCCC2)cc1. The smallest absolute Gasteiger partial charge is 0.266 e. The molecule has 31 heavy (non-hydrogen) atoms. The number of thioether (sulfide) groups is 1. The van der Waals surface area contributed by atoms with Crippen LogP contribution >= 0.6 is 23.4 Å². The third-order valence-corrected chi connectivity index (χ3v) is 6.72. The van der Waals surface area contributed by atoms with Crippen LogP contribution in [0.3, 0.4) is 0 Å². The number of likely N-dealkylation sites (N-methyl/N-ethyl adjacent to an activating group) is 1. The first-order chi connectivity index (χ1) is 15.1. The van der Waals surface area contributed by atoms with Crippen molar-refractivity contribution >= 4 is 51.9 Å². The van der Waals surface area contributed by atoms with Gasteiger partial charge >= 0.3 is 0 Å². The Morgan fingerprint density at radius 2 is 1.87 bits per heavy atom. The van der Waals surface area contributed by atoms with Crippen LogP contribution in [0.25, 0.3) is 6.08 Å². The predicted molar refractivity (Wildman–Crippen MR) is 131 cm³/mol. The highest BCUT2D eigenvalue weighted by molar-refractivity contribution is 8.18. The Kier molecular flexibility index (Phi) is 6.88. The van der Waals surface area contributed by atoms with Crippen molar-refractivity contribution < 1.29 is 9.53 Å². The molecule has 0 aromatic heterocycles. The van der Waals surface area contributed by atoms with Crippen LogP contribution in [-0.2, 0) is 4.79 Å². The third-order valence-electron chi connectivity index (χ3n) is 5.48. The van der Waals surface area contributed by atoms with Gasteiger partial charge in [-0.05, 0) is 86.5 Å². The van der Waals surface area contributed by atoms with Gasteiger partial charge in [-0.25, -0.2) is 4.99 Å². The van der Waals surface area contributed by atoms with Gasteiger partial charge in [-0.2, -0.15) is 0 Å². The van der Waals surface area contributed by atoms with Gasteiger partial charge < -0.3 is 9.64 Å². The molecule has 0 N–H and O–H groups in total. The molecule has 2 saturated heterocycles. The molecule has 162 valence electrons. The monoisotopic (exact) mass is 455 g/mol. The molecule has 2 aliphatic heterocycles. The maximum absolute atomic E-state index is 13.0. The topological polar surface area (TPSA) is 45.1 Å². The van der Waals surface area contributed by atoms with Crippen LogP contribution < -0.4 is 9.64 Å². The van der Waals surface area contributed by atoms with E-state index in [9.17, 15) is 4.79 Å². The highest BCUT2D eigenvalue weighted by atomic mass is 35.5. The summed E-state index contributed by atoms with van der Waals surface area (Å²) in [5.41, 5.74) is 2.85. The van der Waals surface area contributed by atoms with Crippen molar-refractivity contribution in [3.63, 3.8) is 0 Å². The molecular weight excluding hydrogens is 430 g/mol. The molecule has 0 radical (unpaired) electrons.